The molecule has 1 aromatic carbocycles. The Morgan fingerprint density at radius 2 is 1.94 bits per heavy atom. The molecule has 1 atom stereocenters. The molecule has 0 saturated carbocycles. The maximum atomic E-state index is 13.4. The summed E-state index contributed by atoms with van der Waals surface area (Å²) in [5, 5.41) is 2.93. The number of nitrogens with zero attached hydrogens (tertiary/aromatic N) is 1. The number of benzene rings is 1. The van der Waals surface area contributed by atoms with Gasteiger partial charge in [0.15, 0.2) is 11.6 Å². The maximum absolute atomic E-state index is 13.4. The zero-order chi connectivity index (χ0) is 13.0. The molecule has 0 saturated heterocycles. The van der Waals surface area contributed by atoms with Crippen LogP contribution in [0.25, 0.3) is 0 Å². The van der Waals surface area contributed by atoms with Crippen LogP contribution in [0.1, 0.15) is 12.5 Å². The molecule has 0 radical (unpaired) electrons. The van der Waals surface area contributed by atoms with Gasteiger partial charge in [-0.25, -0.2) is 13.8 Å². The minimum absolute atomic E-state index is 0.0138. The maximum Gasteiger partial charge on any atom is 0.168 e. The Bertz CT molecular complexity index is 514. The largest absolute Gasteiger partial charge is 0.365 e. The van der Waals surface area contributed by atoms with Gasteiger partial charge in [-0.1, -0.05) is 30.3 Å². The van der Waals surface area contributed by atoms with Gasteiger partial charge in [0.25, 0.3) is 0 Å². The van der Waals surface area contributed by atoms with Crippen molar-refractivity contribution in [3.8, 4) is 0 Å². The number of aromatic nitrogens is 1. The monoisotopic (exact) mass is 248 g/mol. The summed E-state index contributed by atoms with van der Waals surface area (Å²) in [5.41, 5.74) is 1.15. The first-order valence-corrected chi connectivity index (χ1v) is 5.76. The Hall–Kier alpha value is -1.97. The van der Waals surface area contributed by atoms with Crippen LogP contribution in [0.5, 0.6) is 0 Å². The molecule has 0 aliphatic carbocycles. The predicted molar refractivity (Wildman–Crippen MR) is 67.4 cm³/mol. The van der Waals surface area contributed by atoms with Gasteiger partial charge in [-0.05, 0) is 18.9 Å². The van der Waals surface area contributed by atoms with Gasteiger partial charge in [0.1, 0.15) is 5.82 Å². The van der Waals surface area contributed by atoms with Gasteiger partial charge >= 0.3 is 0 Å². The van der Waals surface area contributed by atoms with Gasteiger partial charge in [0, 0.05) is 12.1 Å². The lowest BCUT2D eigenvalue weighted by molar-refractivity contribution is 0.573. The van der Waals surface area contributed by atoms with Gasteiger partial charge in [0.05, 0.1) is 6.20 Å². The molecule has 0 amide bonds. The molecule has 4 heteroatoms. The van der Waals surface area contributed by atoms with E-state index in [1.165, 1.54) is 0 Å². The van der Waals surface area contributed by atoms with Crippen molar-refractivity contribution < 1.29 is 8.78 Å². The molecule has 0 aliphatic rings. The molecule has 1 N–H and O–H groups in total. The smallest absolute Gasteiger partial charge is 0.168 e. The van der Waals surface area contributed by atoms with E-state index in [9.17, 15) is 8.78 Å². The average molecular weight is 248 g/mol. The molecule has 0 fully saturated rings. The SMILES string of the molecule is CC(Cc1ccccc1)Nc1ncc(F)cc1F. The van der Waals surface area contributed by atoms with Crippen LogP contribution in [0.4, 0.5) is 14.6 Å². The Balaban J connectivity index is 2.01. The average Bonchev–Trinajstić information content (AvgIpc) is 2.34. The molecule has 0 spiro atoms. The fraction of sp³-hybridized carbons (Fsp3) is 0.214. The molecular formula is C14H14F2N2. The normalized spacial score (nSPS) is 12.2. The molecule has 1 aromatic heterocycles. The molecule has 0 bridgehead atoms. The molecular weight excluding hydrogens is 234 g/mol. The van der Waals surface area contributed by atoms with Crippen LogP contribution < -0.4 is 5.32 Å². The molecule has 2 aromatic rings. The van der Waals surface area contributed by atoms with Gasteiger partial charge in [-0.3, -0.25) is 0 Å². The predicted octanol–water partition coefficient (Wildman–Crippen LogP) is 3.40. The minimum atomic E-state index is -0.672. The number of halogens is 2. The lowest BCUT2D eigenvalue weighted by Gasteiger charge is -2.14. The van der Waals surface area contributed by atoms with E-state index in [2.05, 4.69) is 10.3 Å². The Labute approximate surface area is 105 Å². The fourth-order valence-electron chi connectivity index (χ4n) is 1.77. The van der Waals surface area contributed by atoms with Crippen LogP contribution >= 0.6 is 0 Å². The molecule has 2 rings (SSSR count). The Morgan fingerprint density at radius 3 is 2.61 bits per heavy atom. The highest BCUT2D eigenvalue weighted by Crippen LogP contribution is 2.13. The highest BCUT2D eigenvalue weighted by atomic mass is 19.1. The van der Waals surface area contributed by atoms with Crippen molar-refractivity contribution >= 4 is 5.82 Å². The minimum Gasteiger partial charge on any atom is -0.365 e. The van der Waals surface area contributed by atoms with Crippen LogP contribution in [0, 0.1) is 11.6 Å². The molecule has 2 nitrogen and oxygen atoms in total. The van der Waals surface area contributed by atoms with Crippen molar-refractivity contribution in [1.29, 1.82) is 0 Å². The summed E-state index contributed by atoms with van der Waals surface area (Å²) in [6.45, 7) is 1.93. The zero-order valence-corrected chi connectivity index (χ0v) is 10.0. The van der Waals surface area contributed by atoms with Crippen molar-refractivity contribution in [2.45, 2.75) is 19.4 Å². The standard InChI is InChI=1S/C14H14F2N2/c1-10(7-11-5-3-2-4-6-11)18-14-13(16)8-12(15)9-17-14/h2-6,8-10H,7H2,1H3,(H,17,18). The van der Waals surface area contributed by atoms with E-state index in [0.29, 0.717) is 0 Å². The van der Waals surface area contributed by atoms with Crippen molar-refractivity contribution in [1.82, 2.24) is 4.98 Å². The third kappa shape index (κ3) is 3.26. The topological polar surface area (TPSA) is 24.9 Å². The summed E-state index contributed by atoms with van der Waals surface area (Å²) in [7, 11) is 0. The second-order valence-electron chi connectivity index (χ2n) is 4.22. The fourth-order valence-corrected chi connectivity index (χ4v) is 1.77. The van der Waals surface area contributed by atoms with Gasteiger partial charge in [-0.2, -0.15) is 0 Å². The molecule has 1 heterocycles. The van der Waals surface area contributed by atoms with E-state index in [1.807, 2.05) is 37.3 Å². The molecule has 18 heavy (non-hydrogen) atoms. The van der Waals surface area contributed by atoms with Gasteiger partial charge in [-0.15, -0.1) is 0 Å². The summed E-state index contributed by atoms with van der Waals surface area (Å²) in [4.78, 5) is 3.70. The number of hydrogen-bond donors (Lipinski definition) is 1. The van der Waals surface area contributed by atoms with Crippen LogP contribution in [-0.4, -0.2) is 11.0 Å². The first-order chi connectivity index (χ1) is 8.65. The van der Waals surface area contributed by atoms with Crippen LogP contribution in [0.2, 0.25) is 0 Å². The summed E-state index contributed by atoms with van der Waals surface area (Å²) in [5.74, 6) is -1.26. The van der Waals surface area contributed by atoms with Crippen molar-refractivity contribution in [2.24, 2.45) is 0 Å². The zero-order valence-electron chi connectivity index (χ0n) is 10.0. The van der Waals surface area contributed by atoms with E-state index in [4.69, 9.17) is 0 Å². The number of nitrogens with one attached hydrogen (secondary N) is 1. The van der Waals surface area contributed by atoms with Crippen LogP contribution in [0.3, 0.4) is 0 Å². The van der Waals surface area contributed by atoms with Crippen molar-refractivity contribution in [3.05, 3.63) is 59.8 Å². The summed E-state index contributed by atoms with van der Waals surface area (Å²) < 4.78 is 26.1. The van der Waals surface area contributed by atoms with E-state index < -0.39 is 11.6 Å². The first kappa shape index (κ1) is 12.5. The number of anilines is 1. The Kier molecular flexibility index (Phi) is 3.87. The van der Waals surface area contributed by atoms with E-state index in [0.717, 1.165) is 24.2 Å². The lowest BCUT2D eigenvalue weighted by Crippen LogP contribution is -2.19. The summed E-state index contributed by atoms with van der Waals surface area (Å²) >= 11 is 0. The quantitative estimate of drug-likeness (QED) is 0.897. The van der Waals surface area contributed by atoms with Crippen LogP contribution in [-0.2, 0) is 6.42 Å². The van der Waals surface area contributed by atoms with Gasteiger partial charge < -0.3 is 5.32 Å². The summed E-state index contributed by atoms with van der Waals surface area (Å²) in [6.07, 6.45) is 1.75. The van der Waals surface area contributed by atoms with Crippen LogP contribution in [0.15, 0.2) is 42.6 Å². The number of pyridine rings is 1. The number of hydrogen-bond acceptors (Lipinski definition) is 2. The van der Waals surface area contributed by atoms with E-state index in [1.54, 1.807) is 0 Å². The molecule has 1 unspecified atom stereocenters. The lowest BCUT2D eigenvalue weighted by atomic mass is 10.1. The Morgan fingerprint density at radius 1 is 1.22 bits per heavy atom. The highest BCUT2D eigenvalue weighted by molar-refractivity contribution is 5.37. The second-order valence-corrected chi connectivity index (χ2v) is 4.22. The number of rotatable bonds is 4. The van der Waals surface area contributed by atoms with E-state index in [-0.39, 0.29) is 11.9 Å². The van der Waals surface area contributed by atoms with Gasteiger partial charge in [0.2, 0.25) is 0 Å². The third-order valence-corrected chi connectivity index (χ3v) is 2.58. The highest BCUT2D eigenvalue weighted by Gasteiger charge is 2.09. The molecule has 94 valence electrons. The summed E-state index contributed by atoms with van der Waals surface area (Å²) in [6, 6.07) is 10.7. The van der Waals surface area contributed by atoms with Crippen molar-refractivity contribution in [3.63, 3.8) is 0 Å². The third-order valence-electron chi connectivity index (χ3n) is 2.58. The first-order valence-electron chi connectivity index (χ1n) is 5.76. The molecule has 0 aliphatic heterocycles. The van der Waals surface area contributed by atoms with E-state index >= 15 is 0 Å². The second kappa shape index (κ2) is 5.58. The van der Waals surface area contributed by atoms with Crippen molar-refractivity contribution in [2.75, 3.05) is 5.32 Å².